The quantitative estimate of drug-likeness (QED) is 0.630. The Labute approximate surface area is 147 Å². The second-order valence-electron chi connectivity index (χ2n) is 6.26. The number of carbonyl (C=O) groups excluding carboxylic acids is 1. The van der Waals surface area contributed by atoms with E-state index in [1.807, 2.05) is 11.8 Å². The highest BCUT2D eigenvalue weighted by atomic mass is 19.1. The maximum absolute atomic E-state index is 13.0. The minimum absolute atomic E-state index is 0.0347. The van der Waals surface area contributed by atoms with Crippen molar-refractivity contribution in [3.63, 3.8) is 0 Å². The van der Waals surface area contributed by atoms with Crippen molar-refractivity contribution in [1.29, 1.82) is 0 Å². The number of rotatable bonds is 10. The second-order valence-corrected chi connectivity index (χ2v) is 6.26. The molecule has 1 aliphatic carbocycles. The van der Waals surface area contributed by atoms with E-state index in [4.69, 9.17) is 9.84 Å². The topological polar surface area (TPSA) is 78.9 Å². The Morgan fingerprint density at radius 3 is 2.80 bits per heavy atom. The molecule has 0 aromatic heterocycles. The number of amides is 1. The van der Waals surface area contributed by atoms with Gasteiger partial charge in [-0.2, -0.15) is 0 Å². The lowest BCUT2D eigenvalue weighted by Gasteiger charge is -2.42. The third-order valence-electron chi connectivity index (χ3n) is 4.35. The number of benzene rings is 1. The summed E-state index contributed by atoms with van der Waals surface area (Å²) in [6, 6.07) is 6.25. The number of hydrogen-bond acceptors (Lipinski definition) is 4. The lowest BCUT2D eigenvalue weighted by molar-refractivity contribution is -0.139. The molecule has 1 amide bonds. The number of halogens is 1. The highest BCUT2D eigenvalue weighted by molar-refractivity contribution is 5.76. The van der Waals surface area contributed by atoms with E-state index in [1.165, 1.54) is 12.1 Å². The van der Waals surface area contributed by atoms with E-state index in [1.54, 1.807) is 12.1 Å². The van der Waals surface area contributed by atoms with E-state index >= 15 is 0 Å². The molecule has 1 aromatic carbocycles. The van der Waals surface area contributed by atoms with Crippen LogP contribution in [-0.2, 0) is 9.59 Å². The van der Waals surface area contributed by atoms with Gasteiger partial charge >= 0.3 is 5.97 Å². The zero-order valence-corrected chi connectivity index (χ0v) is 14.4. The molecule has 2 rings (SSSR count). The number of carbonyl (C=O) groups is 2. The van der Waals surface area contributed by atoms with Gasteiger partial charge in [-0.15, -0.1) is 0 Å². The Kier molecular flexibility index (Phi) is 7.18. The smallest absolute Gasteiger partial charge is 0.317 e. The molecule has 0 aliphatic heterocycles. The fourth-order valence-electron chi connectivity index (χ4n) is 2.96. The summed E-state index contributed by atoms with van der Waals surface area (Å²) in [5.74, 6) is -0.751. The van der Waals surface area contributed by atoms with Crippen LogP contribution in [0.15, 0.2) is 24.3 Å². The van der Waals surface area contributed by atoms with E-state index in [-0.39, 0.29) is 30.4 Å². The average molecular weight is 352 g/mol. The number of likely N-dealkylation sites (N-methyl/N-ethyl adjacent to an activating group) is 1. The van der Waals surface area contributed by atoms with Crippen LogP contribution in [-0.4, -0.2) is 53.7 Å². The molecule has 25 heavy (non-hydrogen) atoms. The van der Waals surface area contributed by atoms with Crippen LogP contribution >= 0.6 is 0 Å². The van der Waals surface area contributed by atoms with Crippen molar-refractivity contribution in [2.45, 2.75) is 44.7 Å². The van der Waals surface area contributed by atoms with E-state index in [2.05, 4.69) is 5.32 Å². The summed E-state index contributed by atoms with van der Waals surface area (Å²) in [5.41, 5.74) is 0. The van der Waals surface area contributed by atoms with Crippen LogP contribution in [0.4, 0.5) is 4.39 Å². The largest absolute Gasteiger partial charge is 0.493 e. The van der Waals surface area contributed by atoms with Crippen LogP contribution in [0.5, 0.6) is 5.75 Å². The van der Waals surface area contributed by atoms with Gasteiger partial charge in [0.1, 0.15) is 11.6 Å². The average Bonchev–Trinajstić information content (AvgIpc) is 2.52. The first-order valence-electron chi connectivity index (χ1n) is 8.61. The molecule has 1 aliphatic rings. The zero-order valence-electron chi connectivity index (χ0n) is 14.4. The Bertz CT molecular complexity index is 590. The fraction of sp³-hybridized carbons (Fsp3) is 0.556. The Balaban J connectivity index is 1.58. The zero-order chi connectivity index (χ0) is 18.2. The molecule has 0 radical (unpaired) electrons. The van der Waals surface area contributed by atoms with Crippen LogP contribution in [0.25, 0.3) is 0 Å². The van der Waals surface area contributed by atoms with Crippen molar-refractivity contribution < 1.29 is 23.8 Å². The van der Waals surface area contributed by atoms with E-state index in [9.17, 15) is 14.0 Å². The van der Waals surface area contributed by atoms with Crippen LogP contribution in [0.2, 0.25) is 0 Å². The normalized spacial score (nSPS) is 19.3. The van der Waals surface area contributed by atoms with Crippen LogP contribution in [0.3, 0.4) is 0 Å². The van der Waals surface area contributed by atoms with Gasteiger partial charge in [0.15, 0.2) is 0 Å². The van der Waals surface area contributed by atoms with Crippen molar-refractivity contribution in [2.24, 2.45) is 0 Å². The predicted octanol–water partition coefficient (Wildman–Crippen LogP) is 2.04. The molecule has 0 spiro atoms. The van der Waals surface area contributed by atoms with Gasteiger partial charge in [-0.3, -0.25) is 14.5 Å². The van der Waals surface area contributed by atoms with Gasteiger partial charge in [-0.05, 0) is 37.9 Å². The van der Waals surface area contributed by atoms with Crippen molar-refractivity contribution in [3.8, 4) is 5.75 Å². The predicted molar refractivity (Wildman–Crippen MR) is 91.0 cm³/mol. The number of nitrogens with one attached hydrogen (secondary N) is 1. The van der Waals surface area contributed by atoms with Gasteiger partial charge in [-0.1, -0.05) is 13.0 Å². The third kappa shape index (κ3) is 6.34. The van der Waals surface area contributed by atoms with Crippen LogP contribution in [0.1, 0.15) is 32.6 Å². The summed E-state index contributed by atoms with van der Waals surface area (Å²) in [7, 11) is 0. The number of hydrogen-bond donors (Lipinski definition) is 2. The highest BCUT2D eigenvalue weighted by Crippen LogP contribution is 2.25. The molecule has 7 heteroatoms. The Hall–Kier alpha value is -2.15. The minimum Gasteiger partial charge on any atom is -0.493 e. The van der Waals surface area contributed by atoms with Crippen molar-refractivity contribution in [3.05, 3.63) is 30.1 Å². The Morgan fingerprint density at radius 1 is 1.40 bits per heavy atom. The molecular weight excluding hydrogens is 327 g/mol. The number of carboxylic acid groups (broad SMARTS) is 1. The molecular formula is C18H25FN2O4. The standard InChI is InChI=1S/C18H25FN2O4/c1-2-21(12-18(23)24)15-10-14(11-15)20-17(22)7-4-8-25-16-6-3-5-13(19)9-16/h3,5-6,9,14-15H,2,4,7-8,10-12H2,1H3,(H,20,22)(H,23,24). The molecule has 1 aromatic rings. The number of carboxylic acids is 1. The van der Waals surface area contributed by atoms with Gasteiger partial charge in [0.2, 0.25) is 5.91 Å². The number of ether oxygens (including phenoxy) is 1. The van der Waals surface area contributed by atoms with Crippen LogP contribution in [0, 0.1) is 5.82 Å². The molecule has 0 saturated heterocycles. The Morgan fingerprint density at radius 2 is 2.16 bits per heavy atom. The number of aliphatic carboxylic acids is 1. The van der Waals surface area contributed by atoms with Gasteiger partial charge in [0.25, 0.3) is 0 Å². The van der Waals surface area contributed by atoms with Gasteiger partial charge in [-0.25, -0.2) is 4.39 Å². The summed E-state index contributed by atoms with van der Waals surface area (Å²) in [6.45, 7) is 3.02. The summed E-state index contributed by atoms with van der Waals surface area (Å²) >= 11 is 0. The number of nitrogens with zero attached hydrogens (tertiary/aromatic N) is 1. The molecule has 6 nitrogen and oxygen atoms in total. The van der Waals surface area contributed by atoms with Crippen molar-refractivity contribution in [2.75, 3.05) is 19.7 Å². The summed E-state index contributed by atoms with van der Waals surface area (Å²) in [6.07, 6.45) is 2.47. The SMILES string of the molecule is CCN(CC(=O)O)C1CC(NC(=O)CCCOc2cccc(F)c2)C1. The molecule has 1 fully saturated rings. The summed E-state index contributed by atoms with van der Waals surface area (Å²) in [4.78, 5) is 24.6. The lowest BCUT2D eigenvalue weighted by atomic mass is 9.85. The van der Waals surface area contributed by atoms with Gasteiger partial charge in [0, 0.05) is 24.6 Å². The summed E-state index contributed by atoms with van der Waals surface area (Å²) < 4.78 is 18.4. The molecule has 0 bridgehead atoms. The molecule has 0 heterocycles. The second kappa shape index (κ2) is 9.36. The summed E-state index contributed by atoms with van der Waals surface area (Å²) in [5, 5.41) is 11.8. The maximum Gasteiger partial charge on any atom is 0.317 e. The minimum atomic E-state index is -0.826. The molecule has 0 unspecified atom stereocenters. The van der Waals surface area contributed by atoms with Gasteiger partial charge in [0.05, 0.1) is 13.2 Å². The lowest BCUT2D eigenvalue weighted by Crippen LogP contribution is -2.54. The fourth-order valence-corrected chi connectivity index (χ4v) is 2.96. The third-order valence-corrected chi connectivity index (χ3v) is 4.35. The monoisotopic (exact) mass is 352 g/mol. The van der Waals surface area contributed by atoms with E-state index in [0.717, 1.165) is 12.8 Å². The molecule has 138 valence electrons. The molecule has 1 saturated carbocycles. The van der Waals surface area contributed by atoms with E-state index < -0.39 is 5.97 Å². The first-order valence-corrected chi connectivity index (χ1v) is 8.61. The molecule has 0 atom stereocenters. The van der Waals surface area contributed by atoms with E-state index in [0.29, 0.717) is 31.7 Å². The van der Waals surface area contributed by atoms with Crippen LogP contribution < -0.4 is 10.1 Å². The first kappa shape index (κ1) is 19.2. The van der Waals surface area contributed by atoms with Crippen molar-refractivity contribution in [1.82, 2.24) is 10.2 Å². The van der Waals surface area contributed by atoms with Gasteiger partial charge < -0.3 is 15.2 Å². The molecule has 2 N–H and O–H groups in total. The maximum atomic E-state index is 13.0. The van der Waals surface area contributed by atoms with Crippen molar-refractivity contribution >= 4 is 11.9 Å². The first-order chi connectivity index (χ1) is 12.0. The highest BCUT2D eigenvalue weighted by Gasteiger charge is 2.34.